The summed E-state index contributed by atoms with van der Waals surface area (Å²) in [6.45, 7) is 4.07. The highest BCUT2D eigenvalue weighted by Crippen LogP contribution is 2.19. The summed E-state index contributed by atoms with van der Waals surface area (Å²) in [6, 6.07) is 0.312. The molecule has 1 N–H and O–H groups in total. The van der Waals surface area contributed by atoms with Crippen LogP contribution in [0.5, 0.6) is 0 Å². The fraction of sp³-hybridized carbons (Fsp3) is 1.00. The Hall–Kier alpha value is -0.210. The Bertz CT molecular complexity index is 340. The first-order valence-corrected chi connectivity index (χ1v) is 7.65. The molecule has 2 fully saturated rings. The Morgan fingerprint density at radius 1 is 1.24 bits per heavy atom. The van der Waals surface area contributed by atoms with E-state index in [1.807, 2.05) is 0 Å². The number of nitrogens with zero attached hydrogens (tertiary/aromatic N) is 2. The third-order valence-corrected chi connectivity index (χ3v) is 5.25. The maximum Gasteiger partial charge on any atom is 0.216 e. The van der Waals surface area contributed by atoms with Crippen LogP contribution in [0.1, 0.15) is 6.42 Å². The number of morpholine rings is 1. The summed E-state index contributed by atoms with van der Waals surface area (Å²) in [5.41, 5.74) is 0. The van der Waals surface area contributed by atoms with E-state index in [2.05, 4.69) is 4.90 Å². The minimum Gasteiger partial charge on any atom is -0.395 e. The van der Waals surface area contributed by atoms with Gasteiger partial charge in [0.05, 0.1) is 25.6 Å². The number of hydrogen-bond acceptors (Lipinski definition) is 5. The minimum atomic E-state index is -3.26. The van der Waals surface area contributed by atoms with Gasteiger partial charge < -0.3 is 9.84 Å². The summed E-state index contributed by atoms with van der Waals surface area (Å²) in [6.07, 6.45) is 0.880. The van der Waals surface area contributed by atoms with Crippen molar-refractivity contribution in [2.75, 3.05) is 51.8 Å². The molecule has 7 heteroatoms. The first-order chi connectivity index (χ1) is 8.13. The van der Waals surface area contributed by atoms with Crippen molar-refractivity contribution in [1.29, 1.82) is 0 Å². The van der Waals surface area contributed by atoms with Gasteiger partial charge in [0, 0.05) is 32.2 Å². The van der Waals surface area contributed by atoms with E-state index in [0.717, 1.165) is 32.7 Å². The molecule has 2 aliphatic heterocycles. The zero-order valence-electron chi connectivity index (χ0n) is 9.92. The molecule has 0 saturated carbocycles. The highest BCUT2D eigenvalue weighted by Gasteiger charge is 2.34. The zero-order chi connectivity index (χ0) is 12.3. The number of rotatable bonds is 4. The maximum atomic E-state index is 11.8. The monoisotopic (exact) mass is 264 g/mol. The largest absolute Gasteiger partial charge is 0.395 e. The average molecular weight is 264 g/mol. The first kappa shape index (κ1) is 13.2. The lowest BCUT2D eigenvalue weighted by molar-refractivity contribution is 0.0197. The number of aliphatic hydroxyl groups is 1. The van der Waals surface area contributed by atoms with E-state index >= 15 is 0 Å². The van der Waals surface area contributed by atoms with Crippen molar-refractivity contribution in [3.63, 3.8) is 0 Å². The number of hydrogen-bond donors (Lipinski definition) is 1. The lowest BCUT2D eigenvalue weighted by Crippen LogP contribution is -2.45. The van der Waals surface area contributed by atoms with Crippen LogP contribution in [0.3, 0.4) is 0 Å². The van der Waals surface area contributed by atoms with Crippen LogP contribution in [0.15, 0.2) is 0 Å². The highest BCUT2D eigenvalue weighted by atomic mass is 32.2. The number of ether oxygens (including phenoxy) is 1. The molecule has 2 saturated heterocycles. The van der Waals surface area contributed by atoms with Gasteiger partial charge in [-0.1, -0.05) is 0 Å². The standard InChI is InChI=1S/C10H20N2O4S/c13-5-8-17(14,15)12-2-1-10(9-12)11-3-6-16-7-4-11/h10,13H,1-9H2. The minimum absolute atomic E-state index is 0.164. The van der Waals surface area contributed by atoms with Gasteiger partial charge in [-0.05, 0) is 6.42 Å². The molecule has 0 amide bonds. The lowest BCUT2D eigenvalue weighted by atomic mass is 10.2. The van der Waals surface area contributed by atoms with Gasteiger partial charge in [-0.25, -0.2) is 12.7 Å². The van der Waals surface area contributed by atoms with Gasteiger partial charge in [-0.2, -0.15) is 0 Å². The van der Waals surface area contributed by atoms with Gasteiger partial charge in [-0.3, -0.25) is 4.90 Å². The third-order valence-electron chi connectivity index (χ3n) is 3.43. The molecule has 17 heavy (non-hydrogen) atoms. The van der Waals surface area contributed by atoms with Crippen LogP contribution < -0.4 is 0 Å². The van der Waals surface area contributed by atoms with Gasteiger partial charge in [0.25, 0.3) is 0 Å². The van der Waals surface area contributed by atoms with Crippen LogP contribution >= 0.6 is 0 Å². The van der Waals surface area contributed by atoms with Crippen molar-refractivity contribution < 1.29 is 18.3 Å². The summed E-state index contributed by atoms with van der Waals surface area (Å²) in [4.78, 5) is 2.30. The van der Waals surface area contributed by atoms with Crippen LogP contribution in [0.25, 0.3) is 0 Å². The second-order valence-corrected chi connectivity index (χ2v) is 6.58. The lowest BCUT2D eigenvalue weighted by Gasteiger charge is -2.32. The molecule has 2 heterocycles. The SMILES string of the molecule is O=S(=O)(CCO)N1CCC(N2CCOCC2)C1. The van der Waals surface area contributed by atoms with Gasteiger partial charge in [-0.15, -0.1) is 0 Å². The summed E-state index contributed by atoms with van der Waals surface area (Å²) in [5.74, 6) is -0.164. The van der Waals surface area contributed by atoms with Crippen molar-refractivity contribution in [3.8, 4) is 0 Å². The quantitative estimate of drug-likeness (QED) is 0.684. The first-order valence-electron chi connectivity index (χ1n) is 6.04. The Kier molecular flexibility index (Phi) is 4.37. The van der Waals surface area contributed by atoms with Crippen LogP contribution in [0.4, 0.5) is 0 Å². The smallest absolute Gasteiger partial charge is 0.216 e. The molecule has 1 atom stereocenters. The number of aliphatic hydroxyl groups excluding tert-OH is 1. The van der Waals surface area contributed by atoms with Gasteiger partial charge >= 0.3 is 0 Å². The summed E-state index contributed by atoms with van der Waals surface area (Å²) >= 11 is 0. The Morgan fingerprint density at radius 3 is 2.59 bits per heavy atom. The fourth-order valence-corrected chi connectivity index (χ4v) is 3.72. The molecule has 0 radical (unpaired) electrons. The van der Waals surface area contributed by atoms with Crippen molar-refractivity contribution in [3.05, 3.63) is 0 Å². The van der Waals surface area contributed by atoms with Crippen LogP contribution in [0.2, 0.25) is 0 Å². The second kappa shape index (κ2) is 5.62. The van der Waals surface area contributed by atoms with Crippen LogP contribution in [-0.2, 0) is 14.8 Å². The molecule has 2 aliphatic rings. The molecule has 0 aromatic rings. The predicted molar refractivity (Wildman–Crippen MR) is 63.2 cm³/mol. The molecule has 0 spiro atoms. The summed E-state index contributed by atoms with van der Waals surface area (Å²) in [5, 5.41) is 8.74. The van der Waals surface area contributed by atoms with Crippen molar-refractivity contribution >= 4 is 10.0 Å². The van der Waals surface area contributed by atoms with Crippen molar-refractivity contribution in [1.82, 2.24) is 9.21 Å². The summed E-state index contributed by atoms with van der Waals surface area (Å²) in [7, 11) is -3.26. The zero-order valence-corrected chi connectivity index (χ0v) is 10.7. The number of sulfonamides is 1. The molecule has 100 valence electrons. The van der Waals surface area contributed by atoms with Gasteiger partial charge in [0.15, 0.2) is 0 Å². The Labute approximate surface area is 102 Å². The molecule has 0 bridgehead atoms. The highest BCUT2D eigenvalue weighted by molar-refractivity contribution is 7.89. The van der Waals surface area contributed by atoms with Crippen LogP contribution in [-0.4, -0.2) is 80.5 Å². The van der Waals surface area contributed by atoms with E-state index < -0.39 is 10.0 Å². The Balaban J connectivity index is 1.90. The third kappa shape index (κ3) is 3.17. The summed E-state index contributed by atoms with van der Waals surface area (Å²) < 4.78 is 30.4. The molecule has 1 unspecified atom stereocenters. The molecule has 6 nitrogen and oxygen atoms in total. The van der Waals surface area contributed by atoms with Crippen molar-refractivity contribution in [2.24, 2.45) is 0 Å². The second-order valence-electron chi connectivity index (χ2n) is 4.49. The van der Waals surface area contributed by atoms with Gasteiger partial charge in [0.2, 0.25) is 10.0 Å². The van der Waals surface area contributed by atoms with Gasteiger partial charge in [0.1, 0.15) is 0 Å². The van der Waals surface area contributed by atoms with E-state index in [-0.39, 0.29) is 12.4 Å². The average Bonchev–Trinajstić information content (AvgIpc) is 2.80. The van der Waals surface area contributed by atoms with Crippen molar-refractivity contribution in [2.45, 2.75) is 12.5 Å². The molecular weight excluding hydrogens is 244 g/mol. The molecule has 2 rings (SSSR count). The molecule has 0 aromatic heterocycles. The molecule has 0 aromatic carbocycles. The Morgan fingerprint density at radius 2 is 1.94 bits per heavy atom. The van der Waals surface area contributed by atoms with E-state index in [1.165, 1.54) is 4.31 Å². The molecule has 0 aliphatic carbocycles. The van der Waals surface area contributed by atoms with Crippen LogP contribution in [0, 0.1) is 0 Å². The van der Waals surface area contributed by atoms with E-state index in [4.69, 9.17) is 9.84 Å². The predicted octanol–water partition coefficient (Wildman–Crippen LogP) is -1.28. The fourth-order valence-electron chi connectivity index (χ4n) is 2.45. The van der Waals surface area contributed by atoms with E-state index in [1.54, 1.807) is 0 Å². The topological polar surface area (TPSA) is 70.1 Å². The van der Waals surface area contributed by atoms with E-state index in [9.17, 15) is 8.42 Å². The maximum absolute atomic E-state index is 11.8. The van der Waals surface area contributed by atoms with E-state index in [0.29, 0.717) is 19.1 Å². The molecular formula is C10H20N2O4S. The normalized spacial score (nSPS) is 28.6.